The maximum Gasteiger partial charge on any atom is 0.320 e. The molecule has 3 heterocycles. The smallest absolute Gasteiger partial charge is 0.320 e. The van der Waals surface area contributed by atoms with Gasteiger partial charge in [-0.25, -0.2) is 14.8 Å². The molecule has 0 aromatic carbocycles. The molecule has 0 bridgehead atoms. The topological polar surface area (TPSA) is 93.1 Å². The predicted octanol–water partition coefficient (Wildman–Crippen LogP) is 2.23. The molecule has 8 nitrogen and oxygen atoms in total. The molecule has 0 spiro atoms. The minimum atomic E-state index is -1.08. The van der Waals surface area contributed by atoms with Crippen LogP contribution < -0.4 is 16.0 Å². The van der Waals surface area contributed by atoms with Gasteiger partial charge in [-0.05, 0) is 25.1 Å². The molecule has 3 N–H and O–H groups in total. The molecular weight excluding hydrogens is 348 g/mol. The van der Waals surface area contributed by atoms with Gasteiger partial charge in [-0.15, -0.1) is 0 Å². The zero-order chi connectivity index (χ0) is 18.6. The summed E-state index contributed by atoms with van der Waals surface area (Å²) in [6.45, 7) is 9.97. The SMILES string of the molecule is C[Si](C)(C)CCOCn1ccc2nc(NC(=O)N[C@@H]3CCNC3)cnc21. The van der Waals surface area contributed by atoms with Gasteiger partial charge in [0, 0.05) is 33.5 Å². The van der Waals surface area contributed by atoms with E-state index in [1.54, 1.807) is 6.20 Å². The lowest BCUT2D eigenvalue weighted by molar-refractivity contribution is 0.0899. The number of amides is 2. The average molecular weight is 377 g/mol. The number of rotatable bonds is 7. The molecule has 0 unspecified atom stereocenters. The number of urea groups is 1. The number of nitrogens with one attached hydrogen (secondary N) is 3. The van der Waals surface area contributed by atoms with Crippen molar-refractivity contribution in [2.45, 2.75) is 44.9 Å². The van der Waals surface area contributed by atoms with Crippen LogP contribution in [0.5, 0.6) is 0 Å². The van der Waals surface area contributed by atoms with Crippen molar-refractivity contribution in [3.63, 3.8) is 0 Å². The highest BCUT2D eigenvalue weighted by atomic mass is 28.3. The van der Waals surface area contributed by atoms with E-state index in [2.05, 4.69) is 45.6 Å². The van der Waals surface area contributed by atoms with Crippen molar-refractivity contribution in [2.75, 3.05) is 25.0 Å². The second kappa shape index (κ2) is 8.15. The van der Waals surface area contributed by atoms with Crippen LogP contribution in [0.4, 0.5) is 10.6 Å². The largest absolute Gasteiger partial charge is 0.361 e. The van der Waals surface area contributed by atoms with E-state index in [4.69, 9.17) is 4.74 Å². The van der Waals surface area contributed by atoms with Crippen molar-refractivity contribution in [3.8, 4) is 0 Å². The molecular formula is C17H28N6O2Si. The lowest BCUT2D eigenvalue weighted by Gasteiger charge is -2.15. The summed E-state index contributed by atoms with van der Waals surface area (Å²) in [6.07, 6.45) is 4.43. The fraction of sp³-hybridized carbons (Fsp3) is 0.588. The first-order chi connectivity index (χ1) is 12.4. The van der Waals surface area contributed by atoms with Gasteiger partial charge in [0.15, 0.2) is 11.5 Å². The van der Waals surface area contributed by atoms with Gasteiger partial charge in [0.1, 0.15) is 12.2 Å². The lowest BCUT2D eigenvalue weighted by Crippen LogP contribution is -2.39. The number of hydrogen-bond donors (Lipinski definition) is 3. The molecule has 26 heavy (non-hydrogen) atoms. The Morgan fingerprint density at radius 1 is 1.46 bits per heavy atom. The average Bonchev–Trinajstić information content (AvgIpc) is 3.20. The molecule has 1 aliphatic heterocycles. The van der Waals surface area contributed by atoms with E-state index in [9.17, 15) is 4.79 Å². The van der Waals surface area contributed by atoms with Crippen LogP contribution in [-0.4, -0.2) is 54.4 Å². The Bertz CT molecular complexity index is 751. The zero-order valence-electron chi connectivity index (χ0n) is 15.7. The number of carbonyl (C=O) groups excluding carboxylic acids is 1. The second-order valence-electron chi connectivity index (χ2n) is 7.89. The third-order valence-corrected chi connectivity index (χ3v) is 6.03. The van der Waals surface area contributed by atoms with Gasteiger partial charge >= 0.3 is 6.03 Å². The van der Waals surface area contributed by atoms with Crippen LogP contribution in [0, 0.1) is 0 Å². The summed E-state index contributed by atoms with van der Waals surface area (Å²) in [5.74, 6) is 0.443. The summed E-state index contributed by atoms with van der Waals surface area (Å²) in [5.41, 5.74) is 1.49. The van der Waals surface area contributed by atoms with Crippen LogP contribution in [0.1, 0.15) is 6.42 Å². The standard InChI is InChI=1S/C17H28N6O2Si/c1-26(2,3)9-8-25-12-23-7-5-14-16(23)19-11-15(21-14)22-17(24)20-13-4-6-18-10-13/h5,7,11,13,18H,4,6,8-10,12H2,1-3H3,(H2,20,21,22,24)/t13-/m1/s1. The molecule has 2 aromatic heterocycles. The Morgan fingerprint density at radius 3 is 3.04 bits per heavy atom. The van der Waals surface area contributed by atoms with Crippen LogP contribution in [0.2, 0.25) is 25.7 Å². The first-order valence-electron chi connectivity index (χ1n) is 9.09. The molecule has 0 aliphatic carbocycles. The van der Waals surface area contributed by atoms with Gasteiger partial charge < -0.3 is 19.9 Å². The molecule has 1 atom stereocenters. The molecule has 1 aliphatic rings. The molecule has 0 saturated carbocycles. The van der Waals surface area contributed by atoms with E-state index in [0.717, 1.165) is 43.3 Å². The number of anilines is 1. The highest BCUT2D eigenvalue weighted by Gasteiger charge is 2.17. The van der Waals surface area contributed by atoms with E-state index in [0.29, 0.717) is 12.5 Å². The summed E-state index contributed by atoms with van der Waals surface area (Å²) in [6, 6.07) is 2.94. The highest BCUT2D eigenvalue weighted by Crippen LogP contribution is 2.14. The third kappa shape index (κ3) is 5.26. The van der Waals surface area contributed by atoms with Crippen molar-refractivity contribution in [1.82, 2.24) is 25.2 Å². The summed E-state index contributed by atoms with van der Waals surface area (Å²) >= 11 is 0. The monoisotopic (exact) mass is 376 g/mol. The van der Waals surface area contributed by atoms with Gasteiger partial charge in [0.25, 0.3) is 0 Å². The minimum Gasteiger partial charge on any atom is -0.361 e. The minimum absolute atomic E-state index is 0.168. The maximum absolute atomic E-state index is 12.0. The zero-order valence-corrected chi connectivity index (χ0v) is 16.7. The van der Waals surface area contributed by atoms with Crippen molar-refractivity contribution in [1.29, 1.82) is 0 Å². The van der Waals surface area contributed by atoms with Crippen LogP contribution in [0.15, 0.2) is 18.5 Å². The van der Waals surface area contributed by atoms with E-state index in [1.165, 1.54) is 0 Å². The first kappa shape index (κ1) is 18.8. The van der Waals surface area contributed by atoms with Crippen molar-refractivity contribution < 1.29 is 9.53 Å². The molecule has 0 radical (unpaired) electrons. The fourth-order valence-corrected chi connectivity index (χ4v) is 3.54. The van der Waals surface area contributed by atoms with Crippen LogP contribution in [0.25, 0.3) is 11.2 Å². The molecule has 9 heteroatoms. The second-order valence-corrected chi connectivity index (χ2v) is 13.5. The number of fused-ring (bicyclic) bond motifs is 1. The van der Waals surface area contributed by atoms with Gasteiger partial charge in [-0.1, -0.05) is 19.6 Å². The Kier molecular flexibility index (Phi) is 5.89. The number of carbonyl (C=O) groups is 1. The Labute approximate surface area is 154 Å². The van der Waals surface area contributed by atoms with E-state index < -0.39 is 8.07 Å². The lowest BCUT2D eigenvalue weighted by atomic mass is 10.3. The molecule has 1 fully saturated rings. The number of nitrogens with zero attached hydrogens (tertiary/aromatic N) is 3. The molecule has 142 valence electrons. The molecule has 1 saturated heterocycles. The maximum atomic E-state index is 12.0. The molecule has 2 aromatic rings. The Morgan fingerprint density at radius 2 is 2.31 bits per heavy atom. The summed E-state index contributed by atoms with van der Waals surface area (Å²) in [5, 5.41) is 8.89. The third-order valence-electron chi connectivity index (χ3n) is 4.33. The van der Waals surface area contributed by atoms with Gasteiger partial charge in [0.2, 0.25) is 0 Å². The first-order valence-corrected chi connectivity index (χ1v) is 12.8. The molecule has 3 rings (SSSR count). The van der Waals surface area contributed by atoms with Crippen molar-refractivity contribution >= 4 is 31.1 Å². The van der Waals surface area contributed by atoms with Crippen molar-refractivity contribution in [2.24, 2.45) is 0 Å². The van der Waals surface area contributed by atoms with Gasteiger partial charge in [-0.3, -0.25) is 5.32 Å². The number of hydrogen-bond acceptors (Lipinski definition) is 5. The fourth-order valence-electron chi connectivity index (χ4n) is 2.78. The van der Waals surface area contributed by atoms with Crippen LogP contribution >= 0.6 is 0 Å². The van der Waals surface area contributed by atoms with E-state index >= 15 is 0 Å². The molecule has 2 amide bonds. The van der Waals surface area contributed by atoms with Gasteiger partial charge in [-0.2, -0.15) is 0 Å². The quantitative estimate of drug-likeness (QED) is 0.509. The highest BCUT2D eigenvalue weighted by molar-refractivity contribution is 6.76. The number of ether oxygens (including phenoxy) is 1. The van der Waals surface area contributed by atoms with E-state index in [-0.39, 0.29) is 12.1 Å². The van der Waals surface area contributed by atoms with Gasteiger partial charge in [0.05, 0.1) is 6.20 Å². The Balaban J connectivity index is 1.55. The summed E-state index contributed by atoms with van der Waals surface area (Å²) < 4.78 is 7.71. The van der Waals surface area contributed by atoms with E-state index in [1.807, 2.05) is 16.8 Å². The van der Waals surface area contributed by atoms with Crippen molar-refractivity contribution in [3.05, 3.63) is 18.5 Å². The normalized spacial score (nSPS) is 17.6. The number of aromatic nitrogens is 3. The van der Waals surface area contributed by atoms with Crippen LogP contribution in [0.3, 0.4) is 0 Å². The summed E-state index contributed by atoms with van der Waals surface area (Å²) in [4.78, 5) is 20.9. The summed E-state index contributed by atoms with van der Waals surface area (Å²) in [7, 11) is -1.08. The Hall–Kier alpha value is -1.97. The van der Waals surface area contributed by atoms with Crippen LogP contribution in [-0.2, 0) is 11.5 Å². The predicted molar refractivity (Wildman–Crippen MR) is 105 cm³/mol.